The molecule has 0 N–H and O–H groups in total. The van der Waals surface area contributed by atoms with Crippen molar-refractivity contribution in [3.63, 3.8) is 0 Å². The van der Waals surface area contributed by atoms with Crippen molar-refractivity contribution >= 4 is 11.5 Å². The first-order valence-corrected chi connectivity index (χ1v) is 5.78. The van der Waals surface area contributed by atoms with E-state index < -0.39 is 0 Å². The molecule has 1 heterocycles. The van der Waals surface area contributed by atoms with E-state index in [1.54, 1.807) is 31.0 Å². The minimum atomic E-state index is -0.334. The van der Waals surface area contributed by atoms with Gasteiger partial charge in [0.25, 0.3) is 0 Å². The number of benzene rings is 1. The Morgan fingerprint density at radius 3 is 2.63 bits per heavy atom. The minimum absolute atomic E-state index is 0.334. The van der Waals surface area contributed by atoms with Crippen molar-refractivity contribution in [3.05, 3.63) is 46.9 Å². The van der Waals surface area contributed by atoms with E-state index in [2.05, 4.69) is 16.3 Å². The topological polar surface area (TPSA) is 52.8 Å². The van der Waals surface area contributed by atoms with Crippen molar-refractivity contribution < 1.29 is 4.39 Å². The van der Waals surface area contributed by atoms with Gasteiger partial charge < -0.3 is 4.90 Å². The van der Waals surface area contributed by atoms with Gasteiger partial charge in [-0.25, -0.2) is 4.39 Å². The van der Waals surface area contributed by atoms with Gasteiger partial charge in [0.1, 0.15) is 17.4 Å². The Bertz CT molecular complexity index is 661. The van der Waals surface area contributed by atoms with E-state index in [4.69, 9.17) is 0 Å². The van der Waals surface area contributed by atoms with Crippen LogP contribution in [0.4, 0.5) is 15.9 Å². The van der Waals surface area contributed by atoms with E-state index in [1.165, 1.54) is 12.1 Å². The molecule has 0 amide bonds. The summed E-state index contributed by atoms with van der Waals surface area (Å²) in [6.07, 6.45) is 0. The third-order valence-corrected chi connectivity index (χ3v) is 3.06. The summed E-state index contributed by atoms with van der Waals surface area (Å²) in [5, 5.41) is 17.3. The number of halogens is 1. The van der Waals surface area contributed by atoms with Gasteiger partial charge in [0.05, 0.1) is 5.69 Å². The molecule has 0 aliphatic carbocycles. The van der Waals surface area contributed by atoms with E-state index >= 15 is 0 Å². The van der Waals surface area contributed by atoms with Crippen LogP contribution in [0.1, 0.15) is 16.8 Å². The van der Waals surface area contributed by atoms with Crippen LogP contribution in [-0.4, -0.2) is 17.2 Å². The molecule has 19 heavy (non-hydrogen) atoms. The highest BCUT2D eigenvalue weighted by atomic mass is 19.1. The third kappa shape index (κ3) is 2.38. The quantitative estimate of drug-likeness (QED) is 0.829. The number of aromatic nitrogens is 2. The first kappa shape index (κ1) is 13.0. The van der Waals surface area contributed by atoms with E-state index in [9.17, 15) is 9.65 Å². The molecule has 0 bridgehead atoms. The van der Waals surface area contributed by atoms with Gasteiger partial charge in [0.2, 0.25) is 0 Å². The zero-order valence-corrected chi connectivity index (χ0v) is 11.0. The van der Waals surface area contributed by atoms with Gasteiger partial charge in [0, 0.05) is 12.7 Å². The fourth-order valence-corrected chi connectivity index (χ4v) is 1.77. The first-order chi connectivity index (χ1) is 9.04. The molecule has 0 radical (unpaired) electrons. The van der Waals surface area contributed by atoms with Crippen molar-refractivity contribution in [2.75, 3.05) is 11.9 Å². The molecule has 1 aromatic carbocycles. The Kier molecular flexibility index (Phi) is 3.43. The molecule has 5 heteroatoms. The van der Waals surface area contributed by atoms with Crippen LogP contribution in [0, 0.1) is 31.0 Å². The molecule has 0 unspecified atom stereocenters. The second-order valence-corrected chi connectivity index (χ2v) is 4.26. The normalized spacial score (nSPS) is 10.1. The van der Waals surface area contributed by atoms with Gasteiger partial charge in [-0.2, -0.15) is 10.4 Å². The van der Waals surface area contributed by atoms with Crippen molar-refractivity contribution in [1.82, 2.24) is 10.2 Å². The monoisotopic (exact) mass is 256 g/mol. The van der Waals surface area contributed by atoms with Crippen molar-refractivity contribution in [2.45, 2.75) is 13.8 Å². The van der Waals surface area contributed by atoms with Gasteiger partial charge in [-0.05, 0) is 37.6 Å². The lowest BCUT2D eigenvalue weighted by Crippen LogP contribution is -2.15. The zero-order valence-electron chi connectivity index (χ0n) is 11.0. The smallest absolute Gasteiger partial charge is 0.173 e. The number of nitriles is 1. The third-order valence-electron chi connectivity index (χ3n) is 3.06. The SMILES string of the molecule is Cc1nnc(N(C)c2cccc(F)c2)c(C#N)c1C. The van der Waals surface area contributed by atoms with Crippen LogP contribution in [-0.2, 0) is 0 Å². The summed E-state index contributed by atoms with van der Waals surface area (Å²) in [7, 11) is 1.73. The Morgan fingerprint density at radius 1 is 1.26 bits per heavy atom. The molecule has 0 aliphatic heterocycles. The largest absolute Gasteiger partial charge is 0.327 e. The molecule has 2 rings (SSSR count). The van der Waals surface area contributed by atoms with E-state index in [1.807, 2.05) is 6.92 Å². The maximum atomic E-state index is 13.2. The summed E-state index contributed by atoms with van der Waals surface area (Å²) < 4.78 is 13.2. The number of hydrogen-bond donors (Lipinski definition) is 0. The van der Waals surface area contributed by atoms with Crippen LogP contribution in [0.5, 0.6) is 0 Å². The lowest BCUT2D eigenvalue weighted by Gasteiger charge is -2.20. The van der Waals surface area contributed by atoms with Crippen molar-refractivity contribution in [3.8, 4) is 6.07 Å². The average Bonchev–Trinajstić information content (AvgIpc) is 2.41. The number of anilines is 2. The van der Waals surface area contributed by atoms with Crippen LogP contribution in [0.3, 0.4) is 0 Å². The molecule has 0 aliphatic rings. The summed E-state index contributed by atoms with van der Waals surface area (Å²) >= 11 is 0. The second-order valence-electron chi connectivity index (χ2n) is 4.26. The number of aryl methyl sites for hydroxylation is 1. The van der Waals surface area contributed by atoms with Crippen LogP contribution < -0.4 is 4.90 Å². The standard InChI is InChI=1S/C14H13FN4/c1-9-10(2)17-18-14(13(9)8-16)19(3)12-6-4-5-11(15)7-12/h4-7H,1-3H3. The van der Waals surface area contributed by atoms with Crippen molar-refractivity contribution in [1.29, 1.82) is 5.26 Å². The number of hydrogen-bond acceptors (Lipinski definition) is 4. The Labute approximate surface area is 111 Å². The number of nitrogens with zero attached hydrogens (tertiary/aromatic N) is 4. The molecule has 0 saturated carbocycles. The fraction of sp³-hybridized carbons (Fsp3) is 0.214. The maximum absolute atomic E-state index is 13.2. The molecule has 2 aromatic rings. The van der Waals surface area contributed by atoms with Crippen LogP contribution >= 0.6 is 0 Å². The average molecular weight is 256 g/mol. The Hall–Kier alpha value is -2.48. The molecule has 0 fully saturated rings. The fourth-order valence-electron chi connectivity index (χ4n) is 1.77. The summed E-state index contributed by atoms with van der Waals surface area (Å²) in [5.74, 6) is 0.0934. The Morgan fingerprint density at radius 2 is 2.00 bits per heavy atom. The molecule has 0 atom stereocenters. The maximum Gasteiger partial charge on any atom is 0.173 e. The minimum Gasteiger partial charge on any atom is -0.327 e. The first-order valence-electron chi connectivity index (χ1n) is 5.78. The van der Waals surface area contributed by atoms with Crippen LogP contribution in [0.2, 0.25) is 0 Å². The predicted molar refractivity (Wildman–Crippen MR) is 70.7 cm³/mol. The van der Waals surface area contributed by atoms with Crippen LogP contribution in [0.25, 0.3) is 0 Å². The molecular formula is C14H13FN4. The summed E-state index contributed by atoms with van der Waals surface area (Å²) in [5.41, 5.74) is 2.58. The number of rotatable bonds is 2. The van der Waals surface area contributed by atoms with Crippen LogP contribution in [0.15, 0.2) is 24.3 Å². The molecule has 0 saturated heterocycles. The van der Waals surface area contributed by atoms with Gasteiger partial charge in [0.15, 0.2) is 5.82 Å². The van der Waals surface area contributed by atoms with E-state index in [0.717, 1.165) is 5.56 Å². The molecule has 96 valence electrons. The van der Waals surface area contributed by atoms with Gasteiger partial charge >= 0.3 is 0 Å². The Balaban J connectivity index is 2.54. The molecule has 1 aromatic heterocycles. The summed E-state index contributed by atoms with van der Waals surface area (Å²) in [6, 6.07) is 8.25. The lowest BCUT2D eigenvalue weighted by atomic mass is 10.1. The summed E-state index contributed by atoms with van der Waals surface area (Å²) in [6.45, 7) is 3.63. The second kappa shape index (κ2) is 5.02. The zero-order chi connectivity index (χ0) is 14.0. The highest BCUT2D eigenvalue weighted by Crippen LogP contribution is 2.27. The molecule has 4 nitrogen and oxygen atoms in total. The van der Waals surface area contributed by atoms with E-state index in [-0.39, 0.29) is 5.82 Å². The van der Waals surface area contributed by atoms with Gasteiger partial charge in [-0.15, -0.1) is 5.10 Å². The molecular weight excluding hydrogens is 243 g/mol. The van der Waals surface area contributed by atoms with E-state index in [0.29, 0.717) is 22.8 Å². The van der Waals surface area contributed by atoms with Crippen molar-refractivity contribution in [2.24, 2.45) is 0 Å². The predicted octanol–water partition coefficient (Wildman–Crippen LogP) is 2.87. The summed E-state index contributed by atoms with van der Waals surface area (Å²) in [4.78, 5) is 1.65. The van der Waals surface area contributed by atoms with Gasteiger partial charge in [-0.3, -0.25) is 0 Å². The highest BCUT2D eigenvalue weighted by Gasteiger charge is 2.15. The van der Waals surface area contributed by atoms with Gasteiger partial charge in [-0.1, -0.05) is 6.07 Å². The molecule has 0 spiro atoms. The lowest BCUT2D eigenvalue weighted by molar-refractivity contribution is 0.628. The highest BCUT2D eigenvalue weighted by molar-refractivity contribution is 5.66.